The summed E-state index contributed by atoms with van der Waals surface area (Å²) in [6, 6.07) is 12.1. The molecule has 4 aromatic rings. The maximum absolute atomic E-state index is 14.8. The van der Waals surface area contributed by atoms with Crippen LogP contribution < -0.4 is 10.7 Å². The van der Waals surface area contributed by atoms with Crippen LogP contribution in [0.3, 0.4) is 0 Å². The first-order valence-corrected chi connectivity index (χ1v) is 25.0. The summed E-state index contributed by atoms with van der Waals surface area (Å²) in [6.07, 6.45) is 3.86. The Morgan fingerprint density at radius 1 is 1.04 bits per heavy atom. The number of phenolic OH excluding ortho intramolecular Hbond substituents is 1. The van der Waals surface area contributed by atoms with E-state index in [-0.39, 0.29) is 62.3 Å². The van der Waals surface area contributed by atoms with Crippen molar-refractivity contribution in [3.05, 3.63) is 71.5 Å². The number of aromatic nitrogens is 2. The normalized spacial score (nSPS) is 20.5. The first-order chi connectivity index (χ1) is 33.7. The zero-order chi connectivity index (χ0) is 51.5. The van der Waals surface area contributed by atoms with Crippen LogP contribution in [-0.4, -0.2) is 148 Å². The van der Waals surface area contributed by atoms with Crippen LogP contribution in [0.4, 0.5) is 0 Å². The highest BCUT2D eigenvalue weighted by Crippen LogP contribution is 2.42. The van der Waals surface area contributed by atoms with E-state index in [9.17, 15) is 33.9 Å². The van der Waals surface area contributed by atoms with Gasteiger partial charge in [0.2, 0.25) is 17.7 Å². The number of pyridine rings is 1. The molecule has 2 aromatic heterocycles. The number of amides is 4. The molecular formula is C54H72N8O9. The molecule has 382 valence electrons. The molecule has 6 bridgehead atoms. The van der Waals surface area contributed by atoms with Crippen LogP contribution in [0.1, 0.15) is 97.4 Å². The number of hydrogen-bond acceptors (Lipinski definition) is 12. The van der Waals surface area contributed by atoms with Crippen LogP contribution in [0.2, 0.25) is 0 Å². The summed E-state index contributed by atoms with van der Waals surface area (Å²) >= 11 is 0. The molecule has 0 radical (unpaired) electrons. The van der Waals surface area contributed by atoms with Crippen molar-refractivity contribution in [3.63, 3.8) is 0 Å². The average molecular weight is 977 g/mol. The molecule has 0 saturated carbocycles. The Morgan fingerprint density at radius 2 is 1.80 bits per heavy atom. The molecule has 1 unspecified atom stereocenters. The topological polar surface area (TPSA) is 196 Å². The molecule has 5 heterocycles. The number of nitrogens with one attached hydrogen (secondary N) is 2. The number of cyclic esters (lactones) is 1. The lowest BCUT2D eigenvalue weighted by molar-refractivity contribution is -0.155. The van der Waals surface area contributed by atoms with Gasteiger partial charge in [-0.25, -0.2) is 5.43 Å². The number of nitrogens with zero attached hydrogens (tertiary/aromatic N) is 6. The van der Waals surface area contributed by atoms with E-state index in [0.29, 0.717) is 56.4 Å². The predicted molar refractivity (Wildman–Crippen MR) is 270 cm³/mol. The second kappa shape index (κ2) is 22.0. The molecular weight excluding hydrogens is 905 g/mol. The van der Waals surface area contributed by atoms with E-state index in [4.69, 9.17) is 14.5 Å². The number of fused-ring (bicyclic) bond motifs is 6. The van der Waals surface area contributed by atoms with Gasteiger partial charge in [0.1, 0.15) is 29.9 Å². The first-order valence-electron chi connectivity index (χ1n) is 25.0. The summed E-state index contributed by atoms with van der Waals surface area (Å²) in [4.78, 5) is 91.0. The third-order valence-corrected chi connectivity index (χ3v) is 13.8. The van der Waals surface area contributed by atoms with Gasteiger partial charge in [0.25, 0.3) is 5.91 Å². The van der Waals surface area contributed by atoms with Crippen molar-refractivity contribution in [3.8, 4) is 28.1 Å². The van der Waals surface area contributed by atoms with Gasteiger partial charge in [-0.3, -0.25) is 43.7 Å². The van der Waals surface area contributed by atoms with Gasteiger partial charge in [0.05, 0.1) is 31.1 Å². The van der Waals surface area contributed by atoms with E-state index in [2.05, 4.69) is 68.1 Å². The number of aromatic hydroxyl groups is 1. The molecule has 17 heteroatoms. The van der Waals surface area contributed by atoms with Crippen LogP contribution in [0, 0.1) is 11.3 Å². The molecule has 7 rings (SSSR count). The lowest BCUT2D eigenvalue weighted by atomic mass is 9.83. The number of aryl methyl sites for hydroxylation is 1. The summed E-state index contributed by atoms with van der Waals surface area (Å²) in [5, 5.41) is 16.7. The van der Waals surface area contributed by atoms with Gasteiger partial charge in [0, 0.05) is 81.7 Å². The maximum Gasteiger partial charge on any atom is 0.324 e. The fraction of sp³-hybridized carbons (Fsp3) is 0.537. The average Bonchev–Trinajstić information content (AvgIpc) is 4.04. The molecule has 3 aliphatic heterocycles. The van der Waals surface area contributed by atoms with E-state index in [0.717, 1.165) is 39.0 Å². The Balaban J connectivity index is 1.21. The first kappa shape index (κ1) is 52.5. The number of hydrazine groups is 1. The highest BCUT2D eigenvalue weighted by molar-refractivity contribution is 5.96. The molecule has 17 nitrogen and oxygen atoms in total. The Kier molecular flexibility index (Phi) is 16.2. The van der Waals surface area contributed by atoms with E-state index < -0.39 is 53.1 Å². The number of ether oxygens (including phenoxy) is 2. The Labute approximate surface area is 417 Å². The van der Waals surface area contributed by atoms with E-state index >= 15 is 0 Å². The summed E-state index contributed by atoms with van der Waals surface area (Å²) < 4.78 is 13.4. The van der Waals surface area contributed by atoms with E-state index in [1.54, 1.807) is 33.0 Å². The Morgan fingerprint density at radius 3 is 2.51 bits per heavy atom. The molecule has 71 heavy (non-hydrogen) atoms. The summed E-state index contributed by atoms with van der Waals surface area (Å²) in [5.74, 6) is -2.89. The summed E-state index contributed by atoms with van der Waals surface area (Å²) in [7, 11) is 3.06. The lowest BCUT2D eigenvalue weighted by Crippen LogP contribution is -2.62. The molecule has 0 aliphatic carbocycles. The lowest BCUT2D eigenvalue weighted by Gasteiger charge is -2.37. The SMILES string of the molecule is CCn1c(-c2cccnc2C(C)C)c2c3cc(ccc31)-c1cc(O)cc(c1)C[C@H](NC(=O)[C@H](C(C)C)N(C)C(=O)CN(C)C(=O)[C@@H]1CN1CCCOC(C)=O)C(=O)N1CCC[C@H](N1)C(=O)OCC(C)(C)C2. The zero-order valence-electron chi connectivity index (χ0n) is 43.0. The number of esters is 2. The minimum atomic E-state index is -1.20. The van der Waals surface area contributed by atoms with Gasteiger partial charge < -0.3 is 34.3 Å². The van der Waals surface area contributed by atoms with Gasteiger partial charge in [-0.1, -0.05) is 53.7 Å². The monoisotopic (exact) mass is 977 g/mol. The number of carbonyl (C=O) groups is 6. The fourth-order valence-corrected chi connectivity index (χ4v) is 10.2. The van der Waals surface area contributed by atoms with Crippen molar-refractivity contribution >= 4 is 46.5 Å². The van der Waals surface area contributed by atoms with Crippen LogP contribution >= 0.6 is 0 Å². The second-order valence-electron chi connectivity index (χ2n) is 20.9. The molecule has 3 N–H and O–H groups in total. The van der Waals surface area contributed by atoms with Crippen molar-refractivity contribution in [2.75, 3.05) is 53.5 Å². The van der Waals surface area contributed by atoms with Crippen molar-refractivity contribution in [1.82, 2.24) is 40.0 Å². The van der Waals surface area contributed by atoms with Crippen molar-refractivity contribution in [2.24, 2.45) is 11.3 Å². The quantitative estimate of drug-likeness (QED) is 0.0824. The Bertz CT molecular complexity index is 2660. The van der Waals surface area contributed by atoms with Gasteiger partial charge in [-0.05, 0) is 103 Å². The highest BCUT2D eigenvalue weighted by atomic mass is 16.5. The Hall–Kier alpha value is -6.33. The number of likely N-dealkylation sites (N-methyl/N-ethyl adjacent to an activating group) is 2. The molecule has 3 aliphatic rings. The van der Waals surface area contributed by atoms with Crippen molar-refractivity contribution < 1.29 is 43.3 Å². The van der Waals surface area contributed by atoms with E-state index in [1.165, 1.54) is 28.8 Å². The smallest absolute Gasteiger partial charge is 0.324 e. The van der Waals surface area contributed by atoms with Crippen LogP contribution in [0.25, 0.3) is 33.3 Å². The third kappa shape index (κ3) is 12.1. The zero-order valence-corrected chi connectivity index (χ0v) is 43.0. The predicted octanol–water partition coefficient (Wildman–Crippen LogP) is 5.45. The highest BCUT2D eigenvalue weighted by Gasteiger charge is 2.43. The molecule has 4 amide bonds. The second-order valence-corrected chi connectivity index (χ2v) is 20.9. The third-order valence-electron chi connectivity index (χ3n) is 13.8. The summed E-state index contributed by atoms with van der Waals surface area (Å²) in [5.41, 5.74) is 9.92. The maximum atomic E-state index is 14.8. The van der Waals surface area contributed by atoms with Crippen LogP contribution in [0.5, 0.6) is 5.75 Å². The van der Waals surface area contributed by atoms with Crippen molar-refractivity contribution in [2.45, 2.75) is 124 Å². The number of rotatable bonds is 14. The van der Waals surface area contributed by atoms with E-state index in [1.807, 2.05) is 29.3 Å². The molecule has 0 spiro atoms. The van der Waals surface area contributed by atoms with Crippen molar-refractivity contribution in [1.29, 1.82) is 0 Å². The molecule has 2 aromatic carbocycles. The molecule has 2 fully saturated rings. The largest absolute Gasteiger partial charge is 0.508 e. The minimum Gasteiger partial charge on any atom is -0.508 e. The number of benzene rings is 2. The van der Waals surface area contributed by atoms with Gasteiger partial charge in [-0.2, -0.15) is 0 Å². The fourth-order valence-electron chi connectivity index (χ4n) is 10.2. The number of carbonyl (C=O) groups excluding carboxylic acids is 6. The van der Waals surface area contributed by atoms with Crippen LogP contribution in [-0.2, 0) is 57.6 Å². The van der Waals surface area contributed by atoms with Crippen LogP contribution in [0.15, 0.2) is 54.7 Å². The summed E-state index contributed by atoms with van der Waals surface area (Å²) in [6.45, 7) is 17.7. The number of hydrogen-bond donors (Lipinski definition) is 3. The number of phenols is 1. The standard InChI is InChI=1S/C54H72N8O9/c1-11-61-44-18-17-36-27-40(44)41(49(61)39-15-12-19-55-47(39)32(2)3)28-54(7,8)31-71-53(69)42-16-13-21-62(57-42)51(67)43(25-35-23-37(36)26-38(64)24-35)56-50(66)48(33(4)5)59(10)46(65)30-58(9)52(68)45-29-60(45)20-14-22-70-34(6)63/h12,15,17-19,23-24,26-27,32-33,42-43,45,48,57,64H,11,13-14,16,20-22,25,28-31H2,1-10H3,(H,56,66)/t42-,43-,45-,48-,60?/m0/s1. The van der Waals surface area contributed by atoms with Gasteiger partial charge in [0.15, 0.2) is 0 Å². The molecule has 5 atom stereocenters. The van der Waals surface area contributed by atoms with Gasteiger partial charge in [-0.15, -0.1) is 0 Å². The molecule has 2 saturated heterocycles. The van der Waals surface area contributed by atoms with Gasteiger partial charge >= 0.3 is 11.9 Å². The minimum absolute atomic E-state index is 0.0195.